The van der Waals surface area contributed by atoms with Crippen molar-refractivity contribution in [1.82, 2.24) is 0 Å². The van der Waals surface area contributed by atoms with Crippen molar-refractivity contribution >= 4 is 43.1 Å². The highest BCUT2D eigenvalue weighted by molar-refractivity contribution is 6.24. The molecule has 0 spiro atoms. The van der Waals surface area contributed by atoms with Crippen LogP contribution in [0.5, 0.6) is 0 Å². The summed E-state index contributed by atoms with van der Waals surface area (Å²) >= 11 is 0. The van der Waals surface area contributed by atoms with Gasteiger partial charge >= 0.3 is 0 Å². The molecule has 0 aliphatic rings. The maximum absolute atomic E-state index is 2.43. The summed E-state index contributed by atoms with van der Waals surface area (Å²) in [6, 6.07) is 55.6. The fourth-order valence-electron chi connectivity index (χ4n) is 6.70. The summed E-state index contributed by atoms with van der Waals surface area (Å²) in [5, 5.41) is 10.3. The van der Waals surface area contributed by atoms with Crippen LogP contribution in [0.1, 0.15) is 19.4 Å². The highest BCUT2D eigenvalue weighted by Crippen LogP contribution is 2.46. The zero-order valence-electron chi connectivity index (χ0n) is 24.9. The summed E-state index contributed by atoms with van der Waals surface area (Å²) in [7, 11) is 0. The monoisotopic (exact) mass is 550 g/mol. The zero-order chi connectivity index (χ0) is 29.3. The van der Waals surface area contributed by atoms with Crippen LogP contribution < -0.4 is 0 Å². The number of fused-ring (bicyclic) bond motifs is 4. The Balaban J connectivity index is 0.00000147. The Labute approximate surface area is 253 Å². The number of hydrogen-bond donors (Lipinski definition) is 0. The molecule has 0 heterocycles. The van der Waals surface area contributed by atoms with Gasteiger partial charge in [0.05, 0.1) is 0 Å². The standard InChI is InChI=1S/C41H28.C2H6/c1-27-22-24-37(34-18-8-7-16-31(27)34)41-36-20-10-9-19-35(36)40(29-13-3-2-4-14-29)38-25-23-30(26-39(38)41)33-21-11-15-28-12-5-6-17-32(28)33;1-2/h2-26H,1H3;1-2H3. The van der Waals surface area contributed by atoms with E-state index in [0.717, 1.165) is 0 Å². The van der Waals surface area contributed by atoms with Crippen molar-refractivity contribution < 1.29 is 0 Å². The third-order valence-electron chi connectivity index (χ3n) is 8.60. The minimum Gasteiger partial charge on any atom is -0.0683 e. The van der Waals surface area contributed by atoms with Crippen LogP contribution in [0.4, 0.5) is 0 Å². The molecule has 0 atom stereocenters. The van der Waals surface area contributed by atoms with E-state index < -0.39 is 0 Å². The van der Waals surface area contributed by atoms with E-state index >= 15 is 0 Å². The fourth-order valence-corrected chi connectivity index (χ4v) is 6.70. The Kier molecular flexibility index (Phi) is 6.97. The second-order valence-electron chi connectivity index (χ2n) is 10.9. The molecule has 8 aromatic carbocycles. The highest BCUT2D eigenvalue weighted by atomic mass is 14.2. The van der Waals surface area contributed by atoms with Crippen molar-refractivity contribution in [3.05, 3.63) is 157 Å². The van der Waals surface area contributed by atoms with Crippen LogP contribution in [0.25, 0.3) is 76.5 Å². The van der Waals surface area contributed by atoms with Crippen LogP contribution in [-0.2, 0) is 0 Å². The molecule has 0 saturated heterocycles. The molecule has 0 aliphatic heterocycles. The molecule has 43 heavy (non-hydrogen) atoms. The van der Waals surface area contributed by atoms with E-state index in [1.54, 1.807) is 0 Å². The number of aryl methyl sites for hydroxylation is 1. The van der Waals surface area contributed by atoms with E-state index in [4.69, 9.17) is 0 Å². The minimum atomic E-state index is 1.24. The second-order valence-corrected chi connectivity index (χ2v) is 10.9. The van der Waals surface area contributed by atoms with E-state index in [0.29, 0.717) is 0 Å². The SMILES string of the molecule is CC.Cc1ccc(-c2c3ccccc3c(-c3ccccc3)c3ccc(-c4cccc5ccccc45)cc23)c2ccccc12. The second kappa shape index (κ2) is 11.2. The summed E-state index contributed by atoms with van der Waals surface area (Å²) in [6.07, 6.45) is 0. The van der Waals surface area contributed by atoms with Gasteiger partial charge in [-0.15, -0.1) is 0 Å². The smallest absolute Gasteiger partial charge is 0.00199 e. The Bertz CT molecular complexity index is 2250. The van der Waals surface area contributed by atoms with Gasteiger partial charge in [0.25, 0.3) is 0 Å². The first-order valence-electron chi connectivity index (χ1n) is 15.3. The lowest BCUT2D eigenvalue weighted by atomic mass is 9.83. The molecule has 0 N–H and O–H groups in total. The number of rotatable bonds is 3. The summed E-state index contributed by atoms with van der Waals surface area (Å²) in [5.74, 6) is 0. The van der Waals surface area contributed by atoms with Gasteiger partial charge in [0.1, 0.15) is 0 Å². The summed E-state index contributed by atoms with van der Waals surface area (Å²) in [4.78, 5) is 0. The van der Waals surface area contributed by atoms with E-state index in [1.165, 1.54) is 82.0 Å². The number of hydrogen-bond acceptors (Lipinski definition) is 0. The molecule has 8 aromatic rings. The lowest BCUT2D eigenvalue weighted by Crippen LogP contribution is -1.93. The zero-order valence-corrected chi connectivity index (χ0v) is 24.9. The third kappa shape index (κ3) is 4.47. The topological polar surface area (TPSA) is 0 Å². The maximum atomic E-state index is 2.43. The average Bonchev–Trinajstić information content (AvgIpc) is 3.08. The summed E-state index contributed by atoms with van der Waals surface area (Å²) < 4.78 is 0. The quantitative estimate of drug-likeness (QED) is 0.192. The molecule has 8 rings (SSSR count). The number of benzene rings is 8. The van der Waals surface area contributed by atoms with Crippen molar-refractivity contribution in [3.63, 3.8) is 0 Å². The van der Waals surface area contributed by atoms with Gasteiger partial charge in [-0.05, 0) is 95.0 Å². The lowest BCUT2D eigenvalue weighted by Gasteiger charge is -2.20. The lowest BCUT2D eigenvalue weighted by molar-refractivity contribution is 1.50. The van der Waals surface area contributed by atoms with Crippen molar-refractivity contribution in [1.29, 1.82) is 0 Å². The molecular weight excluding hydrogens is 516 g/mol. The van der Waals surface area contributed by atoms with Gasteiger partial charge in [-0.25, -0.2) is 0 Å². The summed E-state index contributed by atoms with van der Waals surface area (Å²) in [5.41, 5.74) is 8.92. The molecule has 0 bridgehead atoms. The van der Waals surface area contributed by atoms with Crippen LogP contribution in [0.2, 0.25) is 0 Å². The van der Waals surface area contributed by atoms with E-state index in [-0.39, 0.29) is 0 Å². The van der Waals surface area contributed by atoms with Crippen molar-refractivity contribution in [3.8, 4) is 33.4 Å². The molecule has 0 amide bonds. The van der Waals surface area contributed by atoms with Crippen LogP contribution in [0.3, 0.4) is 0 Å². The fraction of sp³-hybridized carbons (Fsp3) is 0.0698. The Morgan fingerprint density at radius 3 is 1.67 bits per heavy atom. The molecule has 0 heteroatoms. The van der Waals surface area contributed by atoms with E-state index in [2.05, 4.69) is 159 Å². The van der Waals surface area contributed by atoms with Gasteiger partial charge < -0.3 is 0 Å². The summed E-state index contributed by atoms with van der Waals surface area (Å²) in [6.45, 7) is 6.21. The molecule has 0 nitrogen and oxygen atoms in total. The first-order chi connectivity index (χ1) is 21.3. The van der Waals surface area contributed by atoms with E-state index in [9.17, 15) is 0 Å². The van der Waals surface area contributed by atoms with Gasteiger partial charge in [-0.2, -0.15) is 0 Å². The van der Waals surface area contributed by atoms with Crippen molar-refractivity contribution in [2.75, 3.05) is 0 Å². The van der Waals surface area contributed by atoms with Crippen LogP contribution in [-0.4, -0.2) is 0 Å². The first kappa shape index (κ1) is 26.7. The average molecular weight is 551 g/mol. The van der Waals surface area contributed by atoms with Crippen LogP contribution in [0, 0.1) is 6.92 Å². The largest absolute Gasteiger partial charge is 0.0683 e. The van der Waals surface area contributed by atoms with Gasteiger partial charge in [0.2, 0.25) is 0 Å². The van der Waals surface area contributed by atoms with Crippen LogP contribution in [0.15, 0.2) is 152 Å². The van der Waals surface area contributed by atoms with E-state index in [1.807, 2.05) is 13.8 Å². The van der Waals surface area contributed by atoms with Gasteiger partial charge in [-0.3, -0.25) is 0 Å². The normalized spacial score (nSPS) is 11.1. The molecule has 0 fully saturated rings. The molecule has 0 unspecified atom stereocenters. The molecule has 0 saturated carbocycles. The van der Waals surface area contributed by atoms with Gasteiger partial charge in [0, 0.05) is 0 Å². The van der Waals surface area contributed by atoms with Gasteiger partial charge in [-0.1, -0.05) is 159 Å². The predicted molar refractivity (Wildman–Crippen MR) is 189 cm³/mol. The predicted octanol–water partition coefficient (Wildman–Crippen LogP) is 12.6. The molecule has 0 radical (unpaired) electrons. The van der Waals surface area contributed by atoms with Gasteiger partial charge in [0.15, 0.2) is 0 Å². The maximum Gasteiger partial charge on any atom is -0.00199 e. The molecule has 0 aromatic heterocycles. The Morgan fingerprint density at radius 1 is 0.326 bits per heavy atom. The molecule has 0 aliphatic carbocycles. The molecular formula is C43H34. The van der Waals surface area contributed by atoms with Crippen molar-refractivity contribution in [2.24, 2.45) is 0 Å². The molecule has 206 valence electrons. The Hall–Kier alpha value is -5.20. The first-order valence-corrected chi connectivity index (χ1v) is 15.3. The third-order valence-corrected chi connectivity index (χ3v) is 8.60. The van der Waals surface area contributed by atoms with Crippen LogP contribution >= 0.6 is 0 Å². The Morgan fingerprint density at radius 2 is 0.907 bits per heavy atom. The van der Waals surface area contributed by atoms with Crippen molar-refractivity contribution in [2.45, 2.75) is 20.8 Å². The highest BCUT2D eigenvalue weighted by Gasteiger charge is 2.19. The minimum absolute atomic E-state index is 1.24.